The normalized spacial score (nSPS) is 15.9. The number of hydrogen-bond acceptors (Lipinski definition) is 4. The highest BCUT2D eigenvalue weighted by Gasteiger charge is 2.23. The van der Waals surface area contributed by atoms with E-state index in [1.807, 2.05) is 20.8 Å². The summed E-state index contributed by atoms with van der Waals surface area (Å²) in [6.45, 7) is 8.83. The lowest BCUT2D eigenvalue weighted by Gasteiger charge is -2.32. The predicted molar refractivity (Wildman–Crippen MR) is 93.6 cm³/mol. The second kappa shape index (κ2) is 10.8. The van der Waals surface area contributed by atoms with Gasteiger partial charge in [-0.1, -0.05) is 20.8 Å². The van der Waals surface area contributed by atoms with E-state index >= 15 is 0 Å². The molecule has 6 nitrogen and oxygen atoms in total. The Morgan fingerprint density at radius 1 is 1.26 bits per heavy atom. The molecule has 0 atom stereocenters. The number of nitrogens with one attached hydrogen (secondary N) is 1. The SMILES string of the molecule is CC(C)(C)CC(=O)NCC(=O)N1CCC(OCCCN)CC1.Cl. The van der Waals surface area contributed by atoms with Gasteiger partial charge in [0.25, 0.3) is 0 Å². The van der Waals surface area contributed by atoms with Gasteiger partial charge in [0.1, 0.15) is 0 Å². The van der Waals surface area contributed by atoms with Gasteiger partial charge in [0.05, 0.1) is 12.6 Å². The molecule has 3 N–H and O–H groups in total. The Morgan fingerprint density at radius 3 is 2.39 bits per heavy atom. The van der Waals surface area contributed by atoms with Crippen molar-refractivity contribution in [3.8, 4) is 0 Å². The molecule has 1 aliphatic heterocycles. The first-order valence-electron chi connectivity index (χ1n) is 8.18. The number of nitrogens with zero attached hydrogens (tertiary/aromatic N) is 1. The van der Waals surface area contributed by atoms with Crippen LogP contribution in [0.15, 0.2) is 0 Å². The molecule has 23 heavy (non-hydrogen) atoms. The zero-order valence-electron chi connectivity index (χ0n) is 14.6. The number of likely N-dealkylation sites (tertiary alicyclic amines) is 1. The third kappa shape index (κ3) is 9.79. The Kier molecular flexibility index (Phi) is 10.4. The Balaban J connectivity index is 0.00000484. The van der Waals surface area contributed by atoms with Crippen LogP contribution in [-0.2, 0) is 14.3 Å². The molecule has 0 saturated carbocycles. The highest BCUT2D eigenvalue weighted by atomic mass is 35.5. The number of hydrogen-bond donors (Lipinski definition) is 2. The fourth-order valence-electron chi connectivity index (χ4n) is 2.44. The summed E-state index contributed by atoms with van der Waals surface area (Å²) in [5, 5.41) is 2.71. The number of ether oxygens (including phenoxy) is 1. The van der Waals surface area contributed by atoms with Crippen LogP contribution in [0.4, 0.5) is 0 Å². The monoisotopic (exact) mass is 349 g/mol. The fourth-order valence-corrected chi connectivity index (χ4v) is 2.44. The summed E-state index contributed by atoms with van der Waals surface area (Å²) in [4.78, 5) is 25.6. The lowest BCUT2D eigenvalue weighted by Crippen LogP contribution is -2.45. The summed E-state index contributed by atoms with van der Waals surface area (Å²) in [5.41, 5.74) is 5.37. The maximum absolute atomic E-state index is 12.1. The maximum atomic E-state index is 12.1. The Labute approximate surface area is 145 Å². The van der Waals surface area contributed by atoms with Gasteiger partial charge in [0.2, 0.25) is 11.8 Å². The molecule has 1 heterocycles. The molecule has 0 aromatic rings. The third-order valence-electron chi connectivity index (χ3n) is 3.62. The molecule has 2 amide bonds. The van der Waals surface area contributed by atoms with Gasteiger partial charge in [0, 0.05) is 26.1 Å². The van der Waals surface area contributed by atoms with E-state index in [2.05, 4.69) is 5.32 Å². The van der Waals surface area contributed by atoms with Crippen LogP contribution in [0.25, 0.3) is 0 Å². The first kappa shape index (κ1) is 22.1. The highest BCUT2D eigenvalue weighted by molar-refractivity contribution is 5.85. The van der Waals surface area contributed by atoms with Crippen molar-refractivity contribution in [3.63, 3.8) is 0 Å². The highest BCUT2D eigenvalue weighted by Crippen LogP contribution is 2.18. The standard InChI is InChI=1S/C16H31N3O3.ClH/c1-16(2,3)11-14(20)18-12-15(21)19-8-5-13(6-9-19)22-10-4-7-17;/h13H,4-12,17H2,1-3H3,(H,18,20);1H. The van der Waals surface area contributed by atoms with Gasteiger partial charge >= 0.3 is 0 Å². The van der Waals surface area contributed by atoms with Crippen LogP contribution in [-0.4, -0.2) is 55.6 Å². The van der Waals surface area contributed by atoms with Gasteiger partial charge in [-0.15, -0.1) is 12.4 Å². The van der Waals surface area contributed by atoms with Crippen LogP contribution in [0.3, 0.4) is 0 Å². The van der Waals surface area contributed by atoms with Crippen molar-refractivity contribution in [2.75, 3.05) is 32.8 Å². The van der Waals surface area contributed by atoms with Crippen molar-refractivity contribution in [1.82, 2.24) is 10.2 Å². The Morgan fingerprint density at radius 2 is 1.87 bits per heavy atom. The minimum atomic E-state index is -0.0687. The van der Waals surface area contributed by atoms with Gasteiger partial charge < -0.3 is 20.7 Å². The van der Waals surface area contributed by atoms with Crippen LogP contribution in [0.5, 0.6) is 0 Å². The average molecular weight is 350 g/mol. The summed E-state index contributed by atoms with van der Waals surface area (Å²) in [7, 11) is 0. The van der Waals surface area contributed by atoms with Crippen LogP contribution in [0.1, 0.15) is 46.5 Å². The van der Waals surface area contributed by atoms with Crippen molar-refractivity contribution in [2.24, 2.45) is 11.1 Å². The number of nitrogens with two attached hydrogens (primary N) is 1. The molecule has 0 bridgehead atoms. The molecule has 1 saturated heterocycles. The molecular weight excluding hydrogens is 318 g/mol. The molecule has 0 aromatic carbocycles. The van der Waals surface area contributed by atoms with E-state index in [1.54, 1.807) is 4.90 Å². The van der Waals surface area contributed by atoms with Gasteiger partial charge in [-0.3, -0.25) is 9.59 Å². The minimum absolute atomic E-state index is 0. The number of piperidine rings is 1. The van der Waals surface area contributed by atoms with Crippen LogP contribution in [0, 0.1) is 5.41 Å². The maximum Gasteiger partial charge on any atom is 0.241 e. The number of rotatable bonds is 7. The lowest BCUT2D eigenvalue weighted by atomic mass is 9.92. The van der Waals surface area contributed by atoms with Crippen molar-refractivity contribution < 1.29 is 14.3 Å². The largest absolute Gasteiger partial charge is 0.378 e. The van der Waals surface area contributed by atoms with Gasteiger partial charge in [-0.05, 0) is 31.2 Å². The quantitative estimate of drug-likeness (QED) is 0.679. The molecule has 0 aromatic heterocycles. The molecule has 0 unspecified atom stereocenters. The van der Waals surface area contributed by atoms with Crippen molar-refractivity contribution in [2.45, 2.75) is 52.6 Å². The molecule has 7 heteroatoms. The second-order valence-electron chi connectivity index (χ2n) is 7.11. The lowest BCUT2D eigenvalue weighted by molar-refractivity contribution is -0.135. The van der Waals surface area contributed by atoms with E-state index in [0.29, 0.717) is 32.7 Å². The molecule has 0 aliphatic carbocycles. The molecule has 136 valence electrons. The number of carbonyl (C=O) groups is 2. The zero-order valence-corrected chi connectivity index (χ0v) is 15.4. The molecule has 1 rings (SSSR count). The Hall–Kier alpha value is -0.850. The molecule has 1 aliphatic rings. The smallest absolute Gasteiger partial charge is 0.241 e. The van der Waals surface area contributed by atoms with Gasteiger partial charge in [0.15, 0.2) is 0 Å². The van der Waals surface area contributed by atoms with E-state index in [4.69, 9.17) is 10.5 Å². The molecule has 1 fully saturated rings. The average Bonchev–Trinajstić information content (AvgIpc) is 2.44. The fraction of sp³-hybridized carbons (Fsp3) is 0.875. The van der Waals surface area contributed by atoms with Crippen LogP contribution >= 0.6 is 12.4 Å². The van der Waals surface area contributed by atoms with Crippen molar-refractivity contribution in [3.05, 3.63) is 0 Å². The summed E-state index contributed by atoms with van der Waals surface area (Å²) < 4.78 is 5.72. The summed E-state index contributed by atoms with van der Waals surface area (Å²) in [6, 6.07) is 0. The van der Waals surface area contributed by atoms with Crippen LogP contribution < -0.4 is 11.1 Å². The number of halogens is 1. The third-order valence-corrected chi connectivity index (χ3v) is 3.62. The van der Waals surface area contributed by atoms with Crippen molar-refractivity contribution in [1.29, 1.82) is 0 Å². The summed E-state index contributed by atoms with van der Waals surface area (Å²) in [6.07, 6.45) is 3.24. The van der Waals surface area contributed by atoms with E-state index < -0.39 is 0 Å². The molecular formula is C16H32ClN3O3. The zero-order chi connectivity index (χ0) is 16.6. The van der Waals surface area contributed by atoms with Crippen molar-refractivity contribution >= 4 is 24.2 Å². The Bertz CT molecular complexity index is 364. The van der Waals surface area contributed by atoms with E-state index in [9.17, 15) is 9.59 Å². The van der Waals surface area contributed by atoms with E-state index in [0.717, 1.165) is 19.3 Å². The first-order chi connectivity index (χ1) is 10.3. The summed E-state index contributed by atoms with van der Waals surface area (Å²) in [5.74, 6) is -0.0801. The number of carbonyl (C=O) groups excluding carboxylic acids is 2. The second-order valence-corrected chi connectivity index (χ2v) is 7.11. The first-order valence-corrected chi connectivity index (χ1v) is 8.18. The number of amides is 2. The van der Waals surface area contributed by atoms with E-state index in [-0.39, 0.29) is 42.3 Å². The van der Waals surface area contributed by atoms with Gasteiger partial charge in [-0.25, -0.2) is 0 Å². The molecule has 0 radical (unpaired) electrons. The van der Waals surface area contributed by atoms with E-state index in [1.165, 1.54) is 0 Å². The minimum Gasteiger partial charge on any atom is -0.378 e. The van der Waals surface area contributed by atoms with Gasteiger partial charge in [-0.2, -0.15) is 0 Å². The topological polar surface area (TPSA) is 84.7 Å². The summed E-state index contributed by atoms with van der Waals surface area (Å²) >= 11 is 0. The van der Waals surface area contributed by atoms with Crippen LogP contribution in [0.2, 0.25) is 0 Å². The predicted octanol–water partition coefficient (Wildman–Crippen LogP) is 1.32. The molecule has 0 spiro atoms.